The Morgan fingerprint density at radius 2 is 1.65 bits per heavy atom. The highest BCUT2D eigenvalue weighted by Gasteiger charge is 2.51. The molecule has 5 atom stereocenters. The van der Waals surface area contributed by atoms with E-state index < -0.39 is 78.2 Å². The van der Waals surface area contributed by atoms with Crippen LogP contribution in [0, 0.1) is 5.41 Å². The van der Waals surface area contributed by atoms with Crippen molar-refractivity contribution in [2.75, 3.05) is 54.5 Å². The number of unbranched alkanes of at least 4 members (excludes halogenated alkanes) is 3. The minimum atomic E-state index is -5.30. The summed E-state index contributed by atoms with van der Waals surface area (Å²) in [5.74, 6) is 0.758. The van der Waals surface area contributed by atoms with Crippen molar-refractivity contribution in [2.24, 2.45) is 5.41 Å². The number of fused-ring (bicyclic) bond motifs is 4. The summed E-state index contributed by atoms with van der Waals surface area (Å²) in [6, 6.07) is 8.54. The number of likely N-dealkylation sites (N-methyl/N-ethyl adjacent to an activating group) is 1. The van der Waals surface area contributed by atoms with E-state index in [1.165, 1.54) is 22.3 Å². The van der Waals surface area contributed by atoms with Gasteiger partial charge in [-0.25, -0.2) is 24.1 Å². The van der Waals surface area contributed by atoms with Crippen LogP contribution >= 0.6 is 15.6 Å². The molecule has 89 heavy (non-hydrogen) atoms. The molecule has 11 N–H and O–H groups in total. The molecule has 0 bridgehead atoms. The van der Waals surface area contributed by atoms with Crippen LogP contribution in [0.2, 0.25) is 0 Å². The standard InChI is InChI=1S/C58H79N9O18P2S2/c1-9-66-43-32-44-40(31-39(43)36(2)33-57(66,6)7)37(29-47(83-44)56(3,4)5)19-13-12-14-20-46-58(8,41-30-38(89(79,80)81)22-23-42(41)65(46)27-18-28-88(76,77)78)24-17-21-48(68)60-25-15-10-11-16-26-61-55-64-49-52(59)62-35-63-53(49)67(55)54-51(85-87(73,74)75)50(69)45(84-54)34-82-86(70,71)72/h12-14,19-20,22-23,29-33,35,45,50-51,54,69H,9-11,15-18,21,24-28,34H2,1-8H3,(H9-,59,60,61,62,63,64,68,70,71,72,73,74,75,76,77,78,79,80,81)/p+1/t45-,50-,51-,54-,58?/m1/s1. The number of nitrogen functional groups attached to an aromatic ring is 1. The number of phosphoric acid groups is 2. The number of nitrogens with two attached hydrogens (primary N) is 1. The molecule has 4 aromatic rings. The normalized spacial score (nSPS) is 21.8. The van der Waals surface area contributed by atoms with Crippen molar-refractivity contribution in [3.05, 3.63) is 102 Å². The molecule has 4 aliphatic rings. The van der Waals surface area contributed by atoms with Gasteiger partial charge >= 0.3 is 15.6 Å². The van der Waals surface area contributed by atoms with Crippen molar-refractivity contribution in [1.29, 1.82) is 0 Å². The highest BCUT2D eigenvalue weighted by Crippen LogP contribution is 2.50. The van der Waals surface area contributed by atoms with Gasteiger partial charge < -0.3 is 55.4 Å². The summed E-state index contributed by atoms with van der Waals surface area (Å²) >= 11 is 0. The molecule has 1 saturated heterocycles. The van der Waals surface area contributed by atoms with Gasteiger partial charge in [-0.2, -0.15) is 21.4 Å². The summed E-state index contributed by atoms with van der Waals surface area (Å²) in [6.45, 7) is 17.5. The second-order valence-corrected chi connectivity index (χ2v) is 29.6. The topological polar surface area (TPSA) is 398 Å². The molecule has 4 aliphatic heterocycles. The number of nitrogens with zero attached hydrogens (tertiary/aromatic N) is 6. The Morgan fingerprint density at radius 1 is 0.933 bits per heavy atom. The van der Waals surface area contributed by atoms with Gasteiger partial charge in [-0.15, -0.1) is 0 Å². The lowest BCUT2D eigenvalue weighted by Gasteiger charge is -2.43. The molecule has 6 heterocycles. The molecule has 0 saturated carbocycles. The van der Waals surface area contributed by atoms with Crippen LogP contribution in [0.4, 0.5) is 23.1 Å². The molecule has 0 spiro atoms. The lowest BCUT2D eigenvalue weighted by Crippen LogP contribution is -2.45. The molecule has 1 unspecified atom stereocenters. The van der Waals surface area contributed by atoms with E-state index >= 15 is 0 Å². The summed E-state index contributed by atoms with van der Waals surface area (Å²) in [5, 5.41) is 17.1. The first-order chi connectivity index (χ1) is 41.5. The summed E-state index contributed by atoms with van der Waals surface area (Å²) < 4.78 is 117. The van der Waals surface area contributed by atoms with Gasteiger partial charge in [0.25, 0.3) is 20.2 Å². The lowest BCUT2D eigenvalue weighted by atomic mass is 9.75. The number of ether oxygens (including phenoxy) is 2. The molecular weight excluding hydrogens is 1240 g/mol. The minimum absolute atomic E-state index is 0.0163. The molecule has 486 valence electrons. The van der Waals surface area contributed by atoms with Crippen LogP contribution in [0.5, 0.6) is 5.75 Å². The second kappa shape index (κ2) is 27.1. The SMILES string of the molecule is CCN1c2cc3c(cc2C(C)=CC1(C)C)C(=CC=CC=CC1=[N+](CCCS(=O)(=O)O)c2ccc(S(=O)(=O)O)cc2C1(C)CCCC(=O)NCCCCCCNc1nc2c(N)ncnc2n1[C@@H]1O[C@H](COP(=O)(O)O)[C@@H](O)[C@H]1OP(=O)(O)O)C=C(C(C)(C)C)O3. The average Bonchev–Trinajstić information content (AvgIpc) is 1.81. The molecule has 31 heteroatoms. The first-order valence-corrected chi connectivity index (χ1v) is 35.2. The van der Waals surface area contributed by atoms with Gasteiger partial charge in [0.15, 0.2) is 28.9 Å². The Hall–Kier alpha value is -6.01. The smallest absolute Gasteiger partial charge is 0.460 e. The average molecular weight is 1320 g/mol. The number of aromatic nitrogens is 4. The van der Waals surface area contributed by atoms with E-state index in [0.29, 0.717) is 62.0 Å². The van der Waals surface area contributed by atoms with Gasteiger partial charge in [0.1, 0.15) is 42.7 Å². The number of phosphoric ester groups is 2. The molecule has 1 amide bonds. The summed E-state index contributed by atoms with van der Waals surface area (Å²) in [5.41, 5.74) is 11.7. The van der Waals surface area contributed by atoms with E-state index in [1.807, 2.05) is 41.9 Å². The maximum absolute atomic E-state index is 13.4. The van der Waals surface area contributed by atoms with Crippen LogP contribution in [0.15, 0.2) is 89.8 Å². The maximum atomic E-state index is 13.4. The van der Waals surface area contributed by atoms with E-state index in [-0.39, 0.29) is 70.6 Å². The van der Waals surface area contributed by atoms with Crippen molar-refractivity contribution in [2.45, 2.75) is 147 Å². The zero-order valence-corrected chi connectivity index (χ0v) is 54.2. The predicted octanol–water partition coefficient (Wildman–Crippen LogP) is 7.63. The van der Waals surface area contributed by atoms with Gasteiger partial charge in [-0.1, -0.05) is 64.0 Å². The first kappa shape index (κ1) is 68.9. The monoisotopic (exact) mass is 1320 g/mol. The van der Waals surface area contributed by atoms with Crippen LogP contribution in [0.1, 0.15) is 130 Å². The number of rotatable bonds is 27. The number of aliphatic hydroxyl groups is 1. The number of allylic oxidation sites excluding steroid dienone is 9. The summed E-state index contributed by atoms with van der Waals surface area (Å²) in [7, 11) is -19.4. The Kier molecular flexibility index (Phi) is 20.9. The fourth-order valence-electron chi connectivity index (χ4n) is 11.9. The van der Waals surface area contributed by atoms with Crippen LogP contribution in [-0.4, -0.2) is 149 Å². The molecule has 1 fully saturated rings. The number of anilines is 3. The van der Waals surface area contributed by atoms with E-state index in [1.54, 1.807) is 6.07 Å². The number of aliphatic hydroxyl groups excluding tert-OH is 1. The van der Waals surface area contributed by atoms with Gasteiger partial charge in [0.05, 0.1) is 28.2 Å². The number of carbonyl (C=O) groups excluding carboxylic acids is 1. The maximum Gasteiger partial charge on any atom is 0.470 e. The van der Waals surface area contributed by atoms with Crippen molar-refractivity contribution in [1.82, 2.24) is 24.8 Å². The van der Waals surface area contributed by atoms with Crippen LogP contribution in [-0.2, 0) is 53.4 Å². The fraction of sp³-hybridized carbons (Fsp3) is 0.500. The van der Waals surface area contributed by atoms with Gasteiger partial charge in [-0.3, -0.25) is 27.5 Å². The van der Waals surface area contributed by atoms with Crippen molar-refractivity contribution in [3.8, 4) is 5.75 Å². The zero-order chi connectivity index (χ0) is 65.2. The number of carbonyl (C=O) groups is 1. The van der Waals surface area contributed by atoms with E-state index in [2.05, 4.69) is 108 Å². The Labute approximate surface area is 517 Å². The van der Waals surface area contributed by atoms with Crippen LogP contribution in [0.25, 0.3) is 22.3 Å². The quantitative estimate of drug-likeness (QED) is 0.00901. The number of imidazole rings is 1. The largest absolute Gasteiger partial charge is 0.470 e. The molecular formula is C58H80N9O18P2S2+. The van der Waals surface area contributed by atoms with E-state index in [4.69, 9.17) is 19.7 Å². The number of benzene rings is 2. The molecule has 27 nitrogen and oxygen atoms in total. The van der Waals surface area contributed by atoms with E-state index in [0.717, 1.165) is 46.8 Å². The molecule has 0 radical (unpaired) electrons. The Balaban J connectivity index is 0.936. The molecule has 8 rings (SSSR count). The second-order valence-electron chi connectivity index (χ2n) is 24.2. The fourth-order valence-corrected chi connectivity index (χ4v) is 13.7. The number of hydrogen-bond acceptors (Lipinski definition) is 18. The number of nitrogens with one attached hydrogen (secondary N) is 2. The van der Waals surface area contributed by atoms with Gasteiger partial charge in [0.2, 0.25) is 17.5 Å². The molecule has 2 aromatic carbocycles. The van der Waals surface area contributed by atoms with Crippen LogP contribution in [0.3, 0.4) is 0 Å². The Bertz CT molecular complexity index is 3880. The summed E-state index contributed by atoms with van der Waals surface area (Å²) in [4.78, 5) is 66.0. The minimum Gasteiger partial charge on any atom is -0.460 e. The predicted molar refractivity (Wildman–Crippen MR) is 334 cm³/mol. The summed E-state index contributed by atoms with van der Waals surface area (Å²) in [6.07, 6.45) is 11.4. The van der Waals surface area contributed by atoms with Gasteiger partial charge in [0, 0.05) is 78.5 Å². The third-order valence-electron chi connectivity index (χ3n) is 16.0. The van der Waals surface area contributed by atoms with Crippen molar-refractivity contribution >= 4 is 93.0 Å². The molecule has 0 aliphatic carbocycles. The highest BCUT2D eigenvalue weighted by molar-refractivity contribution is 7.86. The lowest BCUT2D eigenvalue weighted by molar-refractivity contribution is -0.437. The Morgan fingerprint density at radius 3 is 2.31 bits per heavy atom. The highest BCUT2D eigenvalue weighted by atomic mass is 32.2. The number of hydrogen-bond donors (Lipinski definition) is 10. The van der Waals surface area contributed by atoms with Crippen LogP contribution < -0.4 is 26.0 Å². The number of amides is 1. The van der Waals surface area contributed by atoms with Crippen molar-refractivity contribution < 1.29 is 87.6 Å². The van der Waals surface area contributed by atoms with Crippen molar-refractivity contribution in [3.63, 3.8) is 0 Å². The molecule has 2 aromatic heterocycles. The third-order valence-corrected chi connectivity index (χ3v) is 18.7. The zero-order valence-electron chi connectivity index (χ0n) is 50.8. The van der Waals surface area contributed by atoms with Gasteiger partial charge in [-0.05, 0) is 95.7 Å². The van der Waals surface area contributed by atoms with E-state index in [9.17, 15) is 64.5 Å². The first-order valence-electron chi connectivity index (χ1n) is 29.1. The third kappa shape index (κ3) is 16.6.